The zero-order valence-corrected chi connectivity index (χ0v) is 24.3. The van der Waals surface area contributed by atoms with Gasteiger partial charge in [-0.05, 0) is 67.3 Å². The van der Waals surface area contributed by atoms with Crippen molar-refractivity contribution in [2.45, 2.75) is 58.3 Å². The van der Waals surface area contributed by atoms with Crippen molar-refractivity contribution in [2.75, 3.05) is 19.8 Å². The van der Waals surface area contributed by atoms with Crippen LogP contribution in [0.4, 0.5) is 0 Å². The van der Waals surface area contributed by atoms with Crippen molar-refractivity contribution in [2.24, 2.45) is 5.92 Å². The third-order valence-corrected chi connectivity index (χ3v) is 7.92. The van der Waals surface area contributed by atoms with Gasteiger partial charge in [-0.1, -0.05) is 55.6 Å². The molecule has 0 saturated carbocycles. The number of para-hydroxylation sites is 1. The fraction of sp³-hybridized carbons (Fsp3) is 0.433. The number of phenolic OH excluding ortho intramolecular Hbond substituents is 1. The summed E-state index contributed by atoms with van der Waals surface area (Å²) in [5.74, 6) is 1.65. The van der Waals surface area contributed by atoms with Crippen molar-refractivity contribution in [3.63, 3.8) is 0 Å². The average Bonchev–Trinajstić information content (AvgIpc) is 3.30. The van der Waals surface area contributed by atoms with Crippen molar-refractivity contribution < 1.29 is 14.6 Å². The number of phenols is 1. The van der Waals surface area contributed by atoms with Gasteiger partial charge < -0.3 is 19.6 Å². The maximum atomic E-state index is 13.2. The quantitative estimate of drug-likeness (QED) is 0.198. The Morgan fingerprint density at radius 2 is 1.90 bits per heavy atom. The molecular weight excluding hydrogens is 551 g/mol. The van der Waals surface area contributed by atoms with E-state index in [2.05, 4.69) is 10.1 Å². The van der Waals surface area contributed by atoms with Crippen LogP contribution < -0.4 is 10.3 Å². The van der Waals surface area contributed by atoms with Crippen molar-refractivity contribution >= 4 is 34.2 Å². The first-order valence-electron chi connectivity index (χ1n) is 13.8. The van der Waals surface area contributed by atoms with Crippen LogP contribution >= 0.6 is 23.2 Å². The molecule has 0 spiro atoms. The Labute approximate surface area is 243 Å². The normalized spacial score (nSPS) is 14.3. The number of ether oxygens (including phenoxy) is 2. The Hall–Kier alpha value is -3.07. The van der Waals surface area contributed by atoms with E-state index in [-0.39, 0.29) is 17.2 Å². The number of hydrogen-bond donors (Lipinski definition) is 2. The molecule has 2 N–H and O–H groups in total. The Balaban J connectivity index is 1.32. The van der Waals surface area contributed by atoms with Crippen LogP contribution in [0.2, 0.25) is 10.0 Å². The molecule has 1 aliphatic heterocycles. The van der Waals surface area contributed by atoms with E-state index in [4.69, 9.17) is 37.7 Å². The third-order valence-electron chi connectivity index (χ3n) is 7.31. The van der Waals surface area contributed by atoms with Crippen molar-refractivity contribution in [3.8, 4) is 17.2 Å². The van der Waals surface area contributed by atoms with Gasteiger partial charge in [0.05, 0.1) is 22.3 Å². The number of nitrogens with zero attached hydrogens (tertiary/aromatic N) is 3. The minimum atomic E-state index is -0.289. The maximum absolute atomic E-state index is 13.2. The summed E-state index contributed by atoms with van der Waals surface area (Å²) < 4.78 is 12.8. The molecule has 0 aliphatic carbocycles. The monoisotopic (exact) mass is 584 g/mol. The molecule has 5 rings (SSSR count). The van der Waals surface area contributed by atoms with Crippen LogP contribution in [0.3, 0.4) is 0 Å². The first kappa shape index (κ1) is 28.5. The Kier molecular flexibility index (Phi) is 8.98. The van der Waals surface area contributed by atoms with E-state index in [9.17, 15) is 9.90 Å². The SMILES string of the molecule is CC(C)c1nn(-c2c(Cl)cccc2Cl)c2nc(Cc3ccc(OCCCCC4CCOCC4)c(O)c3)[nH]c(=O)c12. The van der Waals surface area contributed by atoms with Crippen LogP contribution in [0.25, 0.3) is 16.7 Å². The number of aromatic amines is 1. The van der Waals surface area contributed by atoms with Gasteiger partial charge in [0.15, 0.2) is 17.1 Å². The highest BCUT2D eigenvalue weighted by Gasteiger charge is 2.22. The number of nitrogens with one attached hydrogen (secondary N) is 1. The summed E-state index contributed by atoms with van der Waals surface area (Å²) in [4.78, 5) is 20.9. The lowest BCUT2D eigenvalue weighted by atomic mass is 9.94. The molecule has 1 saturated heterocycles. The number of unbranched alkanes of at least 4 members (excludes halogenated alkanes) is 1. The second-order valence-corrected chi connectivity index (χ2v) is 11.4. The zero-order valence-electron chi connectivity index (χ0n) is 22.8. The van der Waals surface area contributed by atoms with Gasteiger partial charge in [0.2, 0.25) is 0 Å². The zero-order chi connectivity index (χ0) is 28.2. The molecule has 4 aromatic rings. The number of halogens is 2. The highest BCUT2D eigenvalue weighted by atomic mass is 35.5. The summed E-state index contributed by atoms with van der Waals surface area (Å²) in [7, 11) is 0. The second-order valence-electron chi connectivity index (χ2n) is 10.6. The first-order chi connectivity index (χ1) is 19.3. The van der Waals surface area contributed by atoms with Gasteiger partial charge in [-0.3, -0.25) is 4.79 Å². The molecule has 0 radical (unpaired) electrons. The number of aromatic hydroxyl groups is 1. The number of benzene rings is 2. The fourth-order valence-electron chi connectivity index (χ4n) is 5.17. The molecule has 2 aromatic carbocycles. The number of fused-ring (bicyclic) bond motifs is 1. The predicted octanol–water partition coefficient (Wildman–Crippen LogP) is 6.81. The largest absolute Gasteiger partial charge is 0.504 e. The lowest BCUT2D eigenvalue weighted by molar-refractivity contribution is 0.0628. The van der Waals surface area contributed by atoms with Gasteiger partial charge in [-0.2, -0.15) is 5.10 Å². The third kappa shape index (κ3) is 6.29. The van der Waals surface area contributed by atoms with Crippen LogP contribution in [0.1, 0.15) is 69.0 Å². The van der Waals surface area contributed by atoms with Gasteiger partial charge in [0, 0.05) is 19.6 Å². The molecule has 8 nitrogen and oxygen atoms in total. The fourth-order valence-corrected chi connectivity index (χ4v) is 5.73. The average molecular weight is 586 g/mol. The van der Waals surface area contributed by atoms with E-state index >= 15 is 0 Å². The summed E-state index contributed by atoms with van der Waals surface area (Å²) in [5, 5.41) is 16.5. The number of aromatic nitrogens is 4. The molecule has 1 fully saturated rings. The maximum Gasteiger partial charge on any atom is 0.262 e. The molecule has 0 atom stereocenters. The lowest BCUT2D eigenvalue weighted by Gasteiger charge is -2.21. The topological polar surface area (TPSA) is 102 Å². The van der Waals surface area contributed by atoms with Crippen LogP contribution in [-0.4, -0.2) is 44.7 Å². The molecule has 10 heteroatoms. The molecule has 212 valence electrons. The Bertz CT molecular complexity index is 1520. The summed E-state index contributed by atoms with van der Waals surface area (Å²) in [6.07, 6.45) is 5.80. The predicted molar refractivity (Wildman–Crippen MR) is 157 cm³/mol. The van der Waals surface area contributed by atoms with Gasteiger partial charge in [0.1, 0.15) is 16.9 Å². The minimum absolute atomic E-state index is 0.0230. The van der Waals surface area contributed by atoms with E-state index < -0.39 is 0 Å². The van der Waals surface area contributed by atoms with E-state index in [0.29, 0.717) is 57.1 Å². The van der Waals surface area contributed by atoms with Crippen LogP contribution in [0, 0.1) is 5.92 Å². The van der Waals surface area contributed by atoms with E-state index in [0.717, 1.165) is 50.4 Å². The molecule has 0 amide bonds. The number of hydrogen-bond acceptors (Lipinski definition) is 6. The molecule has 2 aromatic heterocycles. The highest BCUT2D eigenvalue weighted by Crippen LogP contribution is 2.33. The summed E-state index contributed by atoms with van der Waals surface area (Å²) in [5.41, 5.74) is 1.94. The molecular formula is C30H34Cl2N4O4. The Morgan fingerprint density at radius 1 is 1.15 bits per heavy atom. The van der Waals surface area contributed by atoms with Crippen molar-refractivity contribution in [1.82, 2.24) is 19.7 Å². The first-order valence-corrected chi connectivity index (χ1v) is 14.6. The highest BCUT2D eigenvalue weighted by molar-refractivity contribution is 6.37. The minimum Gasteiger partial charge on any atom is -0.504 e. The van der Waals surface area contributed by atoms with Gasteiger partial charge >= 0.3 is 0 Å². The molecule has 1 aliphatic rings. The van der Waals surface area contributed by atoms with Crippen LogP contribution in [0.5, 0.6) is 11.5 Å². The van der Waals surface area contributed by atoms with E-state index in [1.807, 2.05) is 19.9 Å². The van der Waals surface area contributed by atoms with E-state index in [1.165, 1.54) is 6.42 Å². The van der Waals surface area contributed by atoms with Crippen LogP contribution in [-0.2, 0) is 11.2 Å². The van der Waals surface area contributed by atoms with Crippen molar-refractivity contribution in [1.29, 1.82) is 0 Å². The molecule has 0 bridgehead atoms. The lowest BCUT2D eigenvalue weighted by Crippen LogP contribution is -2.15. The summed E-state index contributed by atoms with van der Waals surface area (Å²) in [6.45, 7) is 6.22. The van der Waals surface area contributed by atoms with Crippen molar-refractivity contribution in [3.05, 3.63) is 73.9 Å². The summed E-state index contributed by atoms with van der Waals surface area (Å²) in [6, 6.07) is 10.5. The van der Waals surface area contributed by atoms with Gasteiger partial charge in [-0.25, -0.2) is 9.67 Å². The van der Waals surface area contributed by atoms with Gasteiger partial charge in [0.25, 0.3) is 5.56 Å². The van der Waals surface area contributed by atoms with Gasteiger partial charge in [-0.15, -0.1) is 0 Å². The number of H-pyrrole nitrogens is 1. The molecule has 3 heterocycles. The smallest absolute Gasteiger partial charge is 0.262 e. The van der Waals surface area contributed by atoms with E-state index in [1.54, 1.807) is 35.0 Å². The molecule has 40 heavy (non-hydrogen) atoms. The second kappa shape index (κ2) is 12.6. The number of rotatable bonds is 10. The summed E-state index contributed by atoms with van der Waals surface area (Å²) >= 11 is 13.0. The standard InChI is InChI=1S/C30H34Cl2N4O4/c1-18(2)27-26-29(36(35-27)28-21(31)7-5-8-22(28)32)33-25(34-30(26)38)17-20-9-10-24(23(37)16-20)40-13-4-3-6-19-11-14-39-15-12-19/h5,7-10,16,18-19,37H,3-4,6,11-15,17H2,1-2H3,(H,33,34,38). The van der Waals surface area contributed by atoms with Crippen LogP contribution in [0.15, 0.2) is 41.2 Å². The molecule has 0 unspecified atom stereocenters. The Morgan fingerprint density at radius 3 is 2.60 bits per heavy atom.